The Morgan fingerprint density at radius 1 is 1.07 bits per heavy atom. The quantitative estimate of drug-likeness (QED) is 0.682. The van der Waals surface area contributed by atoms with Crippen LogP contribution in [0.3, 0.4) is 0 Å². The van der Waals surface area contributed by atoms with Crippen LogP contribution >= 0.6 is 0 Å². The second-order valence-electron chi connectivity index (χ2n) is 4.07. The Kier molecular flexibility index (Phi) is 1.81. The molecule has 1 heterocycles. The maximum atomic E-state index is 13.5. The molecule has 1 nitrogen and oxygen atoms in total. The SMILES string of the molecule is Fc1ccc2c3c([nH]c2c1F)CCCC3. The maximum Gasteiger partial charge on any atom is 0.182 e. The van der Waals surface area contributed by atoms with E-state index in [4.69, 9.17) is 0 Å². The Morgan fingerprint density at radius 3 is 2.73 bits per heavy atom. The lowest BCUT2D eigenvalue weighted by Gasteiger charge is -2.10. The predicted octanol–water partition coefficient (Wildman–Crippen LogP) is 3.32. The van der Waals surface area contributed by atoms with E-state index in [1.807, 2.05) is 0 Å². The molecule has 0 unspecified atom stereocenters. The van der Waals surface area contributed by atoms with Crippen molar-refractivity contribution in [3.63, 3.8) is 0 Å². The van der Waals surface area contributed by atoms with E-state index in [0.29, 0.717) is 5.52 Å². The fraction of sp³-hybridized carbons (Fsp3) is 0.333. The van der Waals surface area contributed by atoms with E-state index < -0.39 is 11.6 Å². The molecule has 3 rings (SSSR count). The first kappa shape index (κ1) is 8.89. The molecule has 78 valence electrons. The van der Waals surface area contributed by atoms with Gasteiger partial charge >= 0.3 is 0 Å². The largest absolute Gasteiger partial charge is 0.356 e. The zero-order valence-electron chi connectivity index (χ0n) is 8.24. The first-order chi connectivity index (χ1) is 7.27. The van der Waals surface area contributed by atoms with Crippen LogP contribution in [0, 0.1) is 11.6 Å². The van der Waals surface area contributed by atoms with Crippen LogP contribution in [0.4, 0.5) is 8.78 Å². The number of benzene rings is 1. The van der Waals surface area contributed by atoms with E-state index in [1.54, 1.807) is 6.07 Å². The molecule has 0 saturated carbocycles. The van der Waals surface area contributed by atoms with Crippen LogP contribution in [-0.2, 0) is 12.8 Å². The molecule has 0 atom stereocenters. The molecular weight excluding hydrogens is 196 g/mol. The highest BCUT2D eigenvalue weighted by Gasteiger charge is 2.18. The van der Waals surface area contributed by atoms with Crippen LogP contribution in [0.1, 0.15) is 24.1 Å². The minimum Gasteiger partial charge on any atom is -0.356 e. The van der Waals surface area contributed by atoms with Gasteiger partial charge in [-0.2, -0.15) is 0 Å². The van der Waals surface area contributed by atoms with Gasteiger partial charge in [0, 0.05) is 11.1 Å². The minimum absolute atomic E-state index is 0.335. The van der Waals surface area contributed by atoms with Crippen molar-refractivity contribution < 1.29 is 8.78 Å². The van der Waals surface area contributed by atoms with Crippen molar-refractivity contribution in [3.8, 4) is 0 Å². The summed E-state index contributed by atoms with van der Waals surface area (Å²) in [4.78, 5) is 3.01. The van der Waals surface area contributed by atoms with E-state index >= 15 is 0 Å². The first-order valence-electron chi connectivity index (χ1n) is 5.25. The number of fused-ring (bicyclic) bond motifs is 3. The molecule has 1 N–H and O–H groups in total. The van der Waals surface area contributed by atoms with Gasteiger partial charge in [0.1, 0.15) is 0 Å². The molecule has 1 aliphatic carbocycles. The van der Waals surface area contributed by atoms with E-state index in [9.17, 15) is 8.78 Å². The molecule has 1 aliphatic rings. The number of aryl methyl sites for hydroxylation is 2. The predicted molar refractivity (Wildman–Crippen MR) is 54.9 cm³/mol. The number of aromatic amines is 1. The summed E-state index contributed by atoms with van der Waals surface area (Å²) in [5.41, 5.74) is 2.60. The van der Waals surface area contributed by atoms with Crippen molar-refractivity contribution in [1.29, 1.82) is 0 Å². The van der Waals surface area contributed by atoms with Crippen LogP contribution in [0.2, 0.25) is 0 Å². The van der Waals surface area contributed by atoms with Crippen LogP contribution in [0.5, 0.6) is 0 Å². The molecule has 1 aromatic carbocycles. The second kappa shape index (κ2) is 3.05. The molecule has 0 aliphatic heterocycles. The maximum absolute atomic E-state index is 13.5. The van der Waals surface area contributed by atoms with Gasteiger partial charge in [-0.1, -0.05) is 0 Å². The van der Waals surface area contributed by atoms with E-state index in [1.165, 1.54) is 11.6 Å². The minimum atomic E-state index is -0.777. The summed E-state index contributed by atoms with van der Waals surface area (Å²) < 4.78 is 26.5. The third-order valence-electron chi connectivity index (χ3n) is 3.16. The van der Waals surface area contributed by atoms with Gasteiger partial charge in [-0.25, -0.2) is 8.78 Å². The first-order valence-corrected chi connectivity index (χ1v) is 5.25. The number of hydrogen-bond acceptors (Lipinski definition) is 0. The van der Waals surface area contributed by atoms with Gasteiger partial charge in [-0.3, -0.25) is 0 Å². The lowest BCUT2D eigenvalue weighted by Crippen LogP contribution is -1.99. The fourth-order valence-electron chi connectivity index (χ4n) is 2.42. The molecule has 0 saturated heterocycles. The highest BCUT2D eigenvalue weighted by molar-refractivity contribution is 5.85. The highest BCUT2D eigenvalue weighted by Crippen LogP contribution is 2.30. The van der Waals surface area contributed by atoms with Crippen molar-refractivity contribution in [2.45, 2.75) is 25.7 Å². The van der Waals surface area contributed by atoms with Gasteiger partial charge in [0.05, 0.1) is 5.52 Å². The van der Waals surface area contributed by atoms with E-state index in [-0.39, 0.29) is 0 Å². The third-order valence-corrected chi connectivity index (χ3v) is 3.16. The molecule has 3 heteroatoms. The number of nitrogens with one attached hydrogen (secondary N) is 1. The molecule has 0 fully saturated rings. The average Bonchev–Trinajstić information content (AvgIpc) is 2.63. The number of H-pyrrole nitrogens is 1. The molecule has 2 aromatic rings. The summed E-state index contributed by atoms with van der Waals surface area (Å²) in [6.45, 7) is 0. The zero-order chi connectivity index (χ0) is 10.4. The molecule has 1 aromatic heterocycles. The molecule has 0 spiro atoms. The van der Waals surface area contributed by atoms with Gasteiger partial charge < -0.3 is 4.98 Å². The second-order valence-corrected chi connectivity index (χ2v) is 4.07. The molecule has 15 heavy (non-hydrogen) atoms. The molecule has 0 radical (unpaired) electrons. The summed E-state index contributed by atoms with van der Waals surface area (Å²) in [7, 11) is 0. The lowest BCUT2D eigenvalue weighted by molar-refractivity contribution is 0.515. The van der Waals surface area contributed by atoms with Crippen molar-refractivity contribution in [3.05, 3.63) is 35.0 Å². The highest BCUT2D eigenvalue weighted by atomic mass is 19.2. The fourth-order valence-corrected chi connectivity index (χ4v) is 2.42. The summed E-state index contributed by atoms with van der Waals surface area (Å²) in [5.74, 6) is -1.53. The topological polar surface area (TPSA) is 15.8 Å². The van der Waals surface area contributed by atoms with Gasteiger partial charge in [0.2, 0.25) is 0 Å². The third kappa shape index (κ3) is 1.19. The van der Waals surface area contributed by atoms with Crippen LogP contribution in [0.25, 0.3) is 10.9 Å². The smallest absolute Gasteiger partial charge is 0.182 e. The van der Waals surface area contributed by atoms with Gasteiger partial charge in [-0.05, 0) is 43.4 Å². The Balaban J connectivity index is 2.36. The van der Waals surface area contributed by atoms with Crippen LogP contribution < -0.4 is 0 Å². The number of halogens is 2. The Labute approximate surface area is 86.1 Å². The summed E-state index contributed by atoms with van der Waals surface area (Å²) in [6.07, 6.45) is 4.19. The lowest BCUT2D eigenvalue weighted by atomic mass is 9.96. The standard InChI is InChI=1S/C12H11F2N/c13-9-6-5-8-7-3-1-2-4-10(7)15-12(8)11(9)14/h5-6,15H,1-4H2. The normalized spacial score (nSPS) is 15.6. The molecule has 0 bridgehead atoms. The Morgan fingerprint density at radius 2 is 1.87 bits per heavy atom. The summed E-state index contributed by atoms with van der Waals surface area (Å²) in [6, 6.07) is 2.88. The molecule has 0 amide bonds. The van der Waals surface area contributed by atoms with E-state index in [0.717, 1.165) is 36.8 Å². The zero-order valence-corrected chi connectivity index (χ0v) is 8.24. The van der Waals surface area contributed by atoms with Crippen LogP contribution in [0.15, 0.2) is 12.1 Å². The number of hydrogen-bond donors (Lipinski definition) is 1. The van der Waals surface area contributed by atoms with E-state index in [2.05, 4.69) is 4.98 Å². The van der Waals surface area contributed by atoms with Gasteiger partial charge in [-0.15, -0.1) is 0 Å². The van der Waals surface area contributed by atoms with Crippen LogP contribution in [-0.4, -0.2) is 4.98 Å². The van der Waals surface area contributed by atoms with Crippen molar-refractivity contribution >= 4 is 10.9 Å². The van der Waals surface area contributed by atoms with Crippen molar-refractivity contribution in [2.24, 2.45) is 0 Å². The van der Waals surface area contributed by atoms with Crippen molar-refractivity contribution in [1.82, 2.24) is 4.98 Å². The van der Waals surface area contributed by atoms with Gasteiger partial charge in [0.25, 0.3) is 0 Å². The Hall–Kier alpha value is -1.38. The Bertz CT molecular complexity index is 528. The average molecular weight is 207 g/mol. The summed E-state index contributed by atoms with van der Waals surface area (Å²) in [5, 5.41) is 0.851. The van der Waals surface area contributed by atoms with Crippen molar-refractivity contribution in [2.75, 3.05) is 0 Å². The number of aromatic nitrogens is 1. The number of rotatable bonds is 0. The summed E-state index contributed by atoms with van der Waals surface area (Å²) >= 11 is 0. The monoisotopic (exact) mass is 207 g/mol. The molecular formula is C12H11F2N. The van der Waals surface area contributed by atoms with Gasteiger partial charge in [0.15, 0.2) is 11.6 Å².